The van der Waals surface area contributed by atoms with Gasteiger partial charge in [-0.3, -0.25) is 0 Å². The number of hydrogen-bond acceptors (Lipinski definition) is 7. The number of thioether (sulfide) groups is 1. The minimum absolute atomic E-state index is 0.292. The fourth-order valence-electron chi connectivity index (χ4n) is 2.58. The van der Waals surface area contributed by atoms with Crippen LogP contribution in [0, 0.1) is 0 Å². The average molecular weight is 385 g/mol. The summed E-state index contributed by atoms with van der Waals surface area (Å²) in [5, 5.41) is 3.11. The summed E-state index contributed by atoms with van der Waals surface area (Å²) >= 11 is 5.12. The average Bonchev–Trinajstić information content (AvgIpc) is 3.37. The summed E-state index contributed by atoms with van der Waals surface area (Å²) in [6.45, 7) is 0.292. The third kappa shape index (κ3) is 2.99. The van der Waals surface area contributed by atoms with E-state index in [9.17, 15) is 0 Å². The van der Waals surface area contributed by atoms with Crippen molar-refractivity contribution in [3.8, 4) is 22.1 Å². The van der Waals surface area contributed by atoms with E-state index < -0.39 is 0 Å². The molecule has 7 heteroatoms. The molecule has 0 fully saturated rings. The van der Waals surface area contributed by atoms with Crippen LogP contribution in [0.4, 0.5) is 0 Å². The van der Waals surface area contributed by atoms with E-state index in [1.807, 2.05) is 30.3 Å². The lowest BCUT2D eigenvalue weighted by Crippen LogP contribution is -1.92. The smallest absolute Gasteiger partial charge is 0.231 e. The van der Waals surface area contributed by atoms with Gasteiger partial charge in [0.05, 0.1) is 15.9 Å². The molecule has 0 amide bonds. The zero-order valence-electron chi connectivity index (χ0n) is 13.0. The van der Waals surface area contributed by atoms with Crippen molar-refractivity contribution in [2.24, 2.45) is 0 Å². The molecule has 25 heavy (non-hydrogen) atoms. The molecule has 0 N–H and O–H groups in total. The van der Waals surface area contributed by atoms with Gasteiger partial charge in [0, 0.05) is 16.7 Å². The maximum absolute atomic E-state index is 5.45. The number of ether oxygens (including phenoxy) is 2. The first kappa shape index (κ1) is 15.2. The summed E-state index contributed by atoms with van der Waals surface area (Å²) in [6, 6.07) is 14.2. The monoisotopic (exact) mass is 384 g/mol. The zero-order valence-corrected chi connectivity index (χ0v) is 15.4. The molecule has 0 aliphatic carbocycles. The largest absolute Gasteiger partial charge is 0.454 e. The van der Waals surface area contributed by atoms with Crippen LogP contribution in [0.15, 0.2) is 52.2 Å². The number of hydrogen-bond donors (Lipinski definition) is 0. The summed E-state index contributed by atoms with van der Waals surface area (Å²) in [5.41, 5.74) is 3.20. The molecule has 1 aliphatic heterocycles. The predicted molar refractivity (Wildman–Crippen MR) is 103 cm³/mol. The number of thiazole rings is 2. The van der Waals surface area contributed by atoms with Gasteiger partial charge >= 0.3 is 0 Å². The third-order valence-corrected chi connectivity index (χ3v) is 6.94. The third-order valence-electron chi connectivity index (χ3n) is 3.79. The maximum Gasteiger partial charge on any atom is 0.231 e. The zero-order chi connectivity index (χ0) is 16.6. The number of para-hydroxylation sites is 1. The highest BCUT2D eigenvalue weighted by Gasteiger charge is 2.15. The van der Waals surface area contributed by atoms with Gasteiger partial charge in [-0.05, 0) is 30.3 Å². The number of fused-ring (bicyclic) bond motifs is 2. The summed E-state index contributed by atoms with van der Waals surface area (Å²) in [4.78, 5) is 9.41. The minimum Gasteiger partial charge on any atom is -0.454 e. The number of aromatic nitrogens is 2. The summed E-state index contributed by atoms with van der Waals surface area (Å²) in [7, 11) is 0. The van der Waals surface area contributed by atoms with Crippen molar-refractivity contribution in [3.05, 3.63) is 53.5 Å². The second kappa shape index (κ2) is 6.33. The van der Waals surface area contributed by atoms with Crippen molar-refractivity contribution < 1.29 is 9.47 Å². The molecule has 2 aromatic heterocycles. The maximum atomic E-state index is 5.45. The van der Waals surface area contributed by atoms with E-state index in [4.69, 9.17) is 14.5 Å². The van der Waals surface area contributed by atoms with Crippen molar-refractivity contribution in [2.45, 2.75) is 10.1 Å². The molecule has 0 unspecified atom stereocenters. The van der Waals surface area contributed by atoms with E-state index in [-0.39, 0.29) is 0 Å². The van der Waals surface area contributed by atoms with Crippen LogP contribution in [0.1, 0.15) is 5.69 Å². The molecule has 4 nitrogen and oxygen atoms in total. The van der Waals surface area contributed by atoms with Crippen molar-refractivity contribution in [1.29, 1.82) is 0 Å². The molecule has 3 heterocycles. The normalized spacial score (nSPS) is 12.8. The fourth-order valence-corrected chi connectivity index (χ4v) is 5.47. The van der Waals surface area contributed by atoms with Crippen molar-refractivity contribution >= 4 is 44.7 Å². The first-order valence-electron chi connectivity index (χ1n) is 7.68. The van der Waals surface area contributed by atoms with Crippen LogP contribution in [0.3, 0.4) is 0 Å². The van der Waals surface area contributed by atoms with Gasteiger partial charge in [0.25, 0.3) is 0 Å². The second-order valence-electron chi connectivity index (χ2n) is 5.45. The van der Waals surface area contributed by atoms with Crippen LogP contribution in [0.25, 0.3) is 20.8 Å². The summed E-state index contributed by atoms with van der Waals surface area (Å²) < 4.78 is 13.1. The van der Waals surface area contributed by atoms with Crippen LogP contribution in [-0.2, 0) is 5.75 Å². The Morgan fingerprint density at radius 2 is 1.96 bits per heavy atom. The topological polar surface area (TPSA) is 44.2 Å². The number of benzene rings is 2. The van der Waals surface area contributed by atoms with Gasteiger partial charge in [-0.15, -0.1) is 22.7 Å². The van der Waals surface area contributed by atoms with Gasteiger partial charge in [0.2, 0.25) is 6.79 Å². The lowest BCUT2D eigenvalue weighted by molar-refractivity contribution is 0.174. The Kier molecular flexibility index (Phi) is 3.84. The first-order chi connectivity index (χ1) is 12.3. The standard InChI is InChI=1S/C18H12N2O2S3/c1-2-4-16-13(3-1)20-18(25-16)24-9-12-8-23-17(19-12)11-5-6-14-15(7-11)22-10-21-14/h1-8H,9-10H2. The molecular formula is C18H12N2O2S3. The Bertz CT molecular complexity index is 1020. The lowest BCUT2D eigenvalue weighted by atomic mass is 10.2. The van der Waals surface area contributed by atoms with Gasteiger partial charge < -0.3 is 9.47 Å². The Labute approximate surface area is 156 Å². The Hall–Kier alpha value is -2.09. The first-order valence-corrected chi connectivity index (χ1v) is 10.4. The second-order valence-corrected chi connectivity index (χ2v) is 8.56. The molecule has 0 radical (unpaired) electrons. The number of nitrogens with zero attached hydrogens (tertiary/aromatic N) is 2. The van der Waals surface area contributed by atoms with E-state index in [0.29, 0.717) is 6.79 Å². The highest BCUT2D eigenvalue weighted by atomic mass is 32.2. The van der Waals surface area contributed by atoms with Crippen molar-refractivity contribution in [2.75, 3.05) is 6.79 Å². The molecule has 4 aromatic rings. The fraction of sp³-hybridized carbons (Fsp3) is 0.111. The van der Waals surface area contributed by atoms with Gasteiger partial charge in [-0.1, -0.05) is 23.9 Å². The van der Waals surface area contributed by atoms with Crippen LogP contribution in [-0.4, -0.2) is 16.8 Å². The van der Waals surface area contributed by atoms with Crippen molar-refractivity contribution in [3.63, 3.8) is 0 Å². The predicted octanol–water partition coefficient (Wildman–Crippen LogP) is 5.44. The van der Waals surface area contributed by atoms with E-state index in [2.05, 4.69) is 22.5 Å². The SMILES string of the molecule is c1ccc2sc(SCc3csc(-c4ccc5c(c4)OCO5)n3)nc2c1. The molecule has 0 bridgehead atoms. The van der Waals surface area contributed by atoms with E-state index in [0.717, 1.165) is 43.4 Å². The van der Waals surface area contributed by atoms with E-state index in [1.54, 1.807) is 34.4 Å². The molecule has 0 atom stereocenters. The van der Waals surface area contributed by atoms with E-state index >= 15 is 0 Å². The Balaban J connectivity index is 1.32. The quantitative estimate of drug-likeness (QED) is 0.438. The van der Waals surface area contributed by atoms with Crippen LogP contribution < -0.4 is 9.47 Å². The highest BCUT2D eigenvalue weighted by molar-refractivity contribution is 8.00. The molecule has 0 saturated carbocycles. The molecule has 5 rings (SSSR count). The van der Waals surface area contributed by atoms with Gasteiger partial charge in [0.1, 0.15) is 5.01 Å². The van der Waals surface area contributed by atoms with Gasteiger partial charge in [-0.2, -0.15) is 0 Å². The number of rotatable bonds is 4. The van der Waals surface area contributed by atoms with Crippen LogP contribution in [0.5, 0.6) is 11.5 Å². The van der Waals surface area contributed by atoms with Crippen molar-refractivity contribution in [1.82, 2.24) is 9.97 Å². The van der Waals surface area contributed by atoms with Gasteiger partial charge in [0.15, 0.2) is 15.8 Å². The van der Waals surface area contributed by atoms with Crippen LogP contribution >= 0.6 is 34.4 Å². The molecular weight excluding hydrogens is 372 g/mol. The van der Waals surface area contributed by atoms with E-state index in [1.165, 1.54) is 4.70 Å². The van der Waals surface area contributed by atoms with Gasteiger partial charge in [-0.25, -0.2) is 9.97 Å². The lowest BCUT2D eigenvalue weighted by Gasteiger charge is -1.99. The minimum atomic E-state index is 0.292. The Morgan fingerprint density at radius 1 is 1.04 bits per heavy atom. The molecule has 0 saturated heterocycles. The summed E-state index contributed by atoms with van der Waals surface area (Å²) in [6.07, 6.45) is 0. The van der Waals surface area contributed by atoms with Crippen LogP contribution in [0.2, 0.25) is 0 Å². The summed E-state index contributed by atoms with van der Waals surface area (Å²) in [5.74, 6) is 2.41. The molecule has 0 spiro atoms. The molecule has 2 aromatic carbocycles. The molecule has 124 valence electrons. The highest BCUT2D eigenvalue weighted by Crippen LogP contribution is 2.37. The Morgan fingerprint density at radius 3 is 2.92 bits per heavy atom. The molecule has 1 aliphatic rings.